The average Bonchev–Trinajstić information content (AvgIpc) is 3.41. The Bertz CT molecular complexity index is 1310. The summed E-state index contributed by atoms with van der Waals surface area (Å²) in [6.07, 6.45) is 1.11. The van der Waals surface area contributed by atoms with E-state index < -0.39 is 17.7 Å². The van der Waals surface area contributed by atoms with Crippen LogP contribution in [0.25, 0.3) is 33.8 Å². The fourth-order valence-electron chi connectivity index (χ4n) is 3.75. The highest BCUT2D eigenvalue weighted by atomic mass is 16.6. The van der Waals surface area contributed by atoms with Gasteiger partial charge < -0.3 is 18.8 Å². The van der Waals surface area contributed by atoms with Crippen LogP contribution in [0.15, 0.2) is 77.4 Å². The van der Waals surface area contributed by atoms with E-state index in [1.54, 1.807) is 30.5 Å². The van der Waals surface area contributed by atoms with Gasteiger partial charge in [0.25, 0.3) is 0 Å². The minimum absolute atomic E-state index is 0.229. The lowest BCUT2D eigenvalue weighted by atomic mass is 10.0. The molecule has 4 aromatic rings. The fourth-order valence-corrected chi connectivity index (χ4v) is 3.75. The maximum absolute atomic E-state index is 12.1. The Morgan fingerprint density at radius 1 is 0.971 bits per heavy atom. The maximum Gasteiger partial charge on any atom is 0.412 e. The molecule has 0 atom stereocenters. The molecule has 2 aromatic carbocycles. The number of carboxylic acids is 1. The van der Waals surface area contributed by atoms with E-state index in [1.807, 2.05) is 74.9 Å². The highest BCUT2D eigenvalue weighted by Gasteiger charge is 2.20. The van der Waals surface area contributed by atoms with E-state index in [2.05, 4.69) is 5.32 Å². The second kappa shape index (κ2) is 8.94. The van der Waals surface area contributed by atoms with Gasteiger partial charge in [-0.05, 0) is 74.4 Å². The van der Waals surface area contributed by atoms with Crippen molar-refractivity contribution in [2.45, 2.75) is 26.4 Å². The first-order valence-electron chi connectivity index (χ1n) is 10.8. The first kappa shape index (κ1) is 22.9. The summed E-state index contributed by atoms with van der Waals surface area (Å²) in [5.74, 6) is -0.263. The third kappa shape index (κ3) is 4.88. The molecule has 2 N–H and O–H groups in total. The Hall–Kier alpha value is -4.26. The molecule has 0 aliphatic rings. The molecule has 0 aliphatic heterocycles. The van der Waals surface area contributed by atoms with Gasteiger partial charge in [-0.25, -0.2) is 9.59 Å². The molecule has 0 fully saturated rings. The molecule has 1 amide bonds. The van der Waals surface area contributed by atoms with Crippen LogP contribution in [0.1, 0.15) is 31.1 Å². The lowest BCUT2D eigenvalue weighted by Crippen LogP contribution is -2.27. The SMILES string of the molecule is Cn1c(-c2ccc(NC(=O)OC(C)(C)C)cc2)cc(-c2ccc(C(=O)O)cc2)c1-c1ccco1. The van der Waals surface area contributed by atoms with Gasteiger partial charge in [0.2, 0.25) is 0 Å². The smallest absolute Gasteiger partial charge is 0.412 e. The first-order valence-corrected chi connectivity index (χ1v) is 10.8. The molecule has 0 saturated carbocycles. The van der Waals surface area contributed by atoms with E-state index >= 15 is 0 Å². The zero-order valence-electron chi connectivity index (χ0n) is 19.5. The number of aromatic carboxylic acids is 1. The molecule has 0 saturated heterocycles. The van der Waals surface area contributed by atoms with Crippen LogP contribution in [-0.2, 0) is 11.8 Å². The number of aromatic nitrogens is 1. The molecule has 4 rings (SSSR count). The van der Waals surface area contributed by atoms with Crippen molar-refractivity contribution in [1.29, 1.82) is 0 Å². The van der Waals surface area contributed by atoms with Crippen molar-refractivity contribution < 1.29 is 23.8 Å². The molecule has 0 radical (unpaired) electrons. The van der Waals surface area contributed by atoms with Gasteiger partial charge in [-0.3, -0.25) is 5.32 Å². The minimum atomic E-state index is -0.966. The number of benzene rings is 2. The van der Waals surface area contributed by atoms with Crippen LogP contribution in [-0.4, -0.2) is 27.3 Å². The molecule has 0 aliphatic carbocycles. The monoisotopic (exact) mass is 458 g/mol. The van der Waals surface area contributed by atoms with Gasteiger partial charge in [-0.2, -0.15) is 0 Å². The lowest BCUT2D eigenvalue weighted by molar-refractivity contribution is 0.0634. The zero-order chi connectivity index (χ0) is 24.5. The molecule has 2 aromatic heterocycles. The highest BCUT2D eigenvalue weighted by Crippen LogP contribution is 2.38. The van der Waals surface area contributed by atoms with Gasteiger partial charge in [0.15, 0.2) is 5.76 Å². The van der Waals surface area contributed by atoms with Crippen molar-refractivity contribution in [2.24, 2.45) is 7.05 Å². The number of hydrogen-bond donors (Lipinski definition) is 2. The van der Waals surface area contributed by atoms with E-state index in [4.69, 9.17) is 9.15 Å². The number of rotatable bonds is 5. The molecule has 0 bridgehead atoms. The number of amides is 1. The number of furan rings is 1. The van der Waals surface area contributed by atoms with Crippen molar-refractivity contribution in [3.8, 4) is 33.8 Å². The van der Waals surface area contributed by atoms with Gasteiger partial charge in [-0.1, -0.05) is 24.3 Å². The number of carboxylic acid groups (broad SMARTS) is 1. The Labute approximate surface area is 197 Å². The Kier molecular flexibility index (Phi) is 6.03. The number of nitrogens with zero attached hydrogens (tertiary/aromatic N) is 1. The number of carbonyl (C=O) groups is 2. The van der Waals surface area contributed by atoms with E-state index in [1.165, 1.54) is 0 Å². The number of carbonyl (C=O) groups excluding carboxylic acids is 1. The van der Waals surface area contributed by atoms with Crippen molar-refractivity contribution in [2.75, 3.05) is 5.32 Å². The quantitative estimate of drug-likeness (QED) is 0.349. The summed E-state index contributed by atoms with van der Waals surface area (Å²) in [6.45, 7) is 5.44. The molecule has 7 heteroatoms. The van der Waals surface area contributed by atoms with Crippen molar-refractivity contribution in [3.63, 3.8) is 0 Å². The Morgan fingerprint density at radius 2 is 1.62 bits per heavy atom. The first-order chi connectivity index (χ1) is 16.1. The molecular formula is C27H26N2O5. The number of hydrogen-bond acceptors (Lipinski definition) is 4. The second-order valence-corrected chi connectivity index (χ2v) is 8.91. The number of ether oxygens (including phenoxy) is 1. The van der Waals surface area contributed by atoms with E-state index in [9.17, 15) is 14.7 Å². The van der Waals surface area contributed by atoms with Crippen molar-refractivity contribution >= 4 is 17.7 Å². The Balaban J connectivity index is 1.70. The van der Waals surface area contributed by atoms with Gasteiger partial charge in [0, 0.05) is 24.0 Å². The van der Waals surface area contributed by atoms with Crippen LogP contribution in [0.2, 0.25) is 0 Å². The fraction of sp³-hybridized carbons (Fsp3) is 0.185. The summed E-state index contributed by atoms with van der Waals surface area (Å²) < 4.78 is 13.0. The molecule has 0 spiro atoms. The second-order valence-electron chi connectivity index (χ2n) is 8.91. The van der Waals surface area contributed by atoms with Crippen LogP contribution < -0.4 is 5.32 Å². The van der Waals surface area contributed by atoms with Crippen LogP contribution >= 0.6 is 0 Å². The van der Waals surface area contributed by atoms with Gasteiger partial charge in [0.1, 0.15) is 5.60 Å². The van der Waals surface area contributed by atoms with E-state index in [0.29, 0.717) is 11.4 Å². The zero-order valence-corrected chi connectivity index (χ0v) is 19.5. The van der Waals surface area contributed by atoms with Gasteiger partial charge in [-0.15, -0.1) is 0 Å². The molecule has 0 unspecified atom stereocenters. The van der Waals surface area contributed by atoms with Gasteiger partial charge >= 0.3 is 12.1 Å². The molecule has 174 valence electrons. The van der Waals surface area contributed by atoms with Crippen LogP contribution in [0.4, 0.5) is 10.5 Å². The summed E-state index contributed by atoms with van der Waals surface area (Å²) in [6, 6.07) is 20.0. The molecule has 7 nitrogen and oxygen atoms in total. The average molecular weight is 459 g/mol. The summed E-state index contributed by atoms with van der Waals surface area (Å²) in [5, 5.41) is 12.0. The molecule has 2 heterocycles. The standard InChI is InChI=1S/C27H26N2O5/c1-27(2,3)34-26(32)28-20-13-11-18(12-14-20)22-16-21(17-7-9-19(10-8-17)25(30)31)24(29(22)4)23-6-5-15-33-23/h5-16H,1-4H3,(H,28,32)(H,30,31). The third-order valence-electron chi connectivity index (χ3n) is 5.26. The number of anilines is 1. The Morgan fingerprint density at radius 3 is 2.18 bits per heavy atom. The molecule has 34 heavy (non-hydrogen) atoms. The molecular weight excluding hydrogens is 432 g/mol. The normalized spacial score (nSPS) is 11.3. The van der Waals surface area contributed by atoms with Crippen molar-refractivity contribution in [1.82, 2.24) is 4.57 Å². The largest absolute Gasteiger partial charge is 0.478 e. The topological polar surface area (TPSA) is 93.7 Å². The summed E-state index contributed by atoms with van der Waals surface area (Å²) >= 11 is 0. The lowest BCUT2D eigenvalue weighted by Gasteiger charge is -2.19. The van der Waals surface area contributed by atoms with E-state index in [0.717, 1.165) is 28.1 Å². The summed E-state index contributed by atoms with van der Waals surface area (Å²) in [5.41, 5.74) is 4.83. The maximum atomic E-state index is 12.1. The summed E-state index contributed by atoms with van der Waals surface area (Å²) in [4.78, 5) is 23.3. The van der Waals surface area contributed by atoms with E-state index in [-0.39, 0.29) is 5.56 Å². The van der Waals surface area contributed by atoms with Crippen LogP contribution in [0.5, 0.6) is 0 Å². The highest BCUT2D eigenvalue weighted by molar-refractivity contribution is 5.90. The van der Waals surface area contributed by atoms with Crippen molar-refractivity contribution in [3.05, 3.63) is 78.6 Å². The summed E-state index contributed by atoms with van der Waals surface area (Å²) in [7, 11) is 1.95. The predicted octanol–water partition coefficient (Wildman–Crippen LogP) is 6.66. The van der Waals surface area contributed by atoms with Gasteiger partial charge in [0.05, 0.1) is 17.5 Å². The van der Waals surface area contributed by atoms with Crippen LogP contribution in [0, 0.1) is 0 Å². The number of nitrogens with one attached hydrogen (secondary N) is 1. The third-order valence-corrected chi connectivity index (χ3v) is 5.26. The minimum Gasteiger partial charge on any atom is -0.478 e. The predicted molar refractivity (Wildman–Crippen MR) is 131 cm³/mol. The van der Waals surface area contributed by atoms with Crippen LogP contribution in [0.3, 0.4) is 0 Å².